The van der Waals surface area contributed by atoms with Crippen molar-refractivity contribution in [2.45, 2.75) is 38.6 Å². The molecule has 1 fully saturated rings. The number of piperidine rings is 1. The average molecular weight is 552 g/mol. The molecule has 2 atom stereocenters. The fourth-order valence-electron chi connectivity index (χ4n) is 4.57. The van der Waals surface area contributed by atoms with Gasteiger partial charge in [-0.3, -0.25) is 9.59 Å². The van der Waals surface area contributed by atoms with E-state index in [-0.39, 0.29) is 43.9 Å². The van der Waals surface area contributed by atoms with Gasteiger partial charge in [-0.2, -0.15) is 9.30 Å². The first-order valence-electron chi connectivity index (χ1n) is 11.8. The molecule has 0 N–H and O–H groups in total. The molecule has 2 unspecified atom stereocenters. The zero-order valence-corrected chi connectivity index (χ0v) is 22.2. The lowest BCUT2D eigenvalue weighted by molar-refractivity contribution is -0.143. The van der Waals surface area contributed by atoms with Crippen molar-refractivity contribution in [1.29, 1.82) is 0 Å². The van der Waals surface area contributed by atoms with E-state index >= 15 is 0 Å². The maximum atomic E-state index is 14.6. The van der Waals surface area contributed by atoms with E-state index in [2.05, 4.69) is 4.99 Å². The Kier molecular flexibility index (Phi) is 7.91. The van der Waals surface area contributed by atoms with E-state index in [0.717, 1.165) is 23.8 Å². The Balaban J connectivity index is 1.67. The molecule has 2 aromatic carbocycles. The van der Waals surface area contributed by atoms with E-state index in [1.165, 1.54) is 33.1 Å². The van der Waals surface area contributed by atoms with Crippen LogP contribution in [0.3, 0.4) is 0 Å². The van der Waals surface area contributed by atoms with Gasteiger partial charge in [0.05, 0.1) is 21.7 Å². The second-order valence-electron chi connectivity index (χ2n) is 9.22. The van der Waals surface area contributed by atoms with Crippen molar-refractivity contribution in [3.63, 3.8) is 0 Å². The zero-order chi connectivity index (χ0) is 26.9. The van der Waals surface area contributed by atoms with Gasteiger partial charge in [-0.25, -0.2) is 17.2 Å². The molecule has 8 nitrogen and oxygen atoms in total. The number of ether oxygens (including phenoxy) is 1. The fraction of sp³-hybridized carbons (Fsp3) is 0.400. The smallest absolute Gasteiger partial charge is 0.326 e. The summed E-state index contributed by atoms with van der Waals surface area (Å²) in [5.41, 5.74) is 0.0311. The number of esters is 1. The van der Waals surface area contributed by atoms with Crippen LogP contribution in [0, 0.1) is 23.5 Å². The summed E-state index contributed by atoms with van der Waals surface area (Å²) < 4.78 is 62.3. The normalized spacial score (nSPS) is 19.3. The van der Waals surface area contributed by atoms with Gasteiger partial charge in [-0.1, -0.05) is 25.2 Å². The van der Waals surface area contributed by atoms with Crippen molar-refractivity contribution in [3.05, 3.63) is 58.4 Å². The van der Waals surface area contributed by atoms with E-state index in [0.29, 0.717) is 19.2 Å². The highest BCUT2D eigenvalue weighted by atomic mass is 32.2. The highest BCUT2D eigenvalue weighted by Crippen LogP contribution is 2.27. The van der Waals surface area contributed by atoms with E-state index < -0.39 is 40.1 Å². The topological polar surface area (TPSA) is 98.0 Å². The molecule has 0 aliphatic carbocycles. The van der Waals surface area contributed by atoms with Crippen LogP contribution in [-0.4, -0.2) is 48.9 Å². The van der Waals surface area contributed by atoms with Gasteiger partial charge in [0.1, 0.15) is 12.4 Å². The minimum Gasteiger partial charge on any atom is -0.465 e. The molecular weight excluding hydrogens is 524 g/mol. The van der Waals surface area contributed by atoms with E-state index in [9.17, 15) is 26.8 Å². The van der Waals surface area contributed by atoms with Crippen LogP contribution in [0.4, 0.5) is 8.78 Å². The van der Waals surface area contributed by atoms with E-state index in [4.69, 9.17) is 4.74 Å². The Hall–Kier alpha value is -2.96. The summed E-state index contributed by atoms with van der Waals surface area (Å²) in [6.07, 6.45) is 0.964. The van der Waals surface area contributed by atoms with Crippen LogP contribution in [0.15, 0.2) is 46.3 Å². The highest BCUT2D eigenvalue weighted by molar-refractivity contribution is 7.89. The number of hydrogen-bond donors (Lipinski definition) is 0. The number of carbonyl (C=O) groups is 2. The summed E-state index contributed by atoms with van der Waals surface area (Å²) in [5, 5.41) is 0. The maximum absolute atomic E-state index is 14.6. The van der Waals surface area contributed by atoms with Gasteiger partial charge in [-0.05, 0) is 55.5 Å². The lowest BCUT2D eigenvalue weighted by Gasteiger charge is -2.34. The summed E-state index contributed by atoms with van der Waals surface area (Å²) in [4.78, 5) is 29.1. The monoisotopic (exact) mass is 551 g/mol. The molecule has 3 aromatic rings. The van der Waals surface area contributed by atoms with Crippen molar-refractivity contribution in [3.8, 4) is 0 Å². The number of carbonyl (C=O) groups excluding carboxylic acids is 2. The average Bonchev–Trinajstić information content (AvgIpc) is 3.15. The molecule has 0 saturated carbocycles. The van der Waals surface area contributed by atoms with Crippen LogP contribution in [0.2, 0.25) is 0 Å². The quantitative estimate of drug-likeness (QED) is 0.432. The van der Waals surface area contributed by atoms with Gasteiger partial charge < -0.3 is 9.30 Å². The summed E-state index contributed by atoms with van der Waals surface area (Å²) in [5.74, 6) is -2.61. The zero-order valence-electron chi connectivity index (χ0n) is 20.6. The SMILES string of the molecule is CCOC(=O)Cn1c(=NC(=O)c2ccc(S(=O)(=O)N3CC(C)CC(C)C3)cc2)sc2cc(F)cc(F)c21. The number of amides is 1. The van der Waals surface area contributed by atoms with Crippen molar-refractivity contribution < 1.29 is 31.5 Å². The largest absolute Gasteiger partial charge is 0.465 e. The minimum atomic E-state index is -3.72. The molecule has 0 spiro atoms. The van der Waals surface area contributed by atoms with Gasteiger partial charge in [0.15, 0.2) is 10.6 Å². The molecule has 12 heteroatoms. The van der Waals surface area contributed by atoms with Gasteiger partial charge in [0.2, 0.25) is 10.0 Å². The molecule has 1 aromatic heterocycles. The minimum absolute atomic E-state index is 0.0226. The third-order valence-corrected chi connectivity index (χ3v) is 8.93. The number of sulfonamides is 1. The van der Waals surface area contributed by atoms with Gasteiger partial charge in [-0.15, -0.1) is 0 Å². The summed E-state index contributed by atoms with van der Waals surface area (Å²) in [7, 11) is -3.72. The van der Waals surface area contributed by atoms with E-state index in [1.54, 1.807) is 6.92 Å². The standard InChI is InChI=1S/C25H27F2N3O5S2/c1-4-35-22(31)14-30-23-20(27)10-18(26)11-21(23)36-25(30)28-24(32)17-5-7-19(8-6-17)37(33,34)29-12-15(2)9-16(3)13-29/h5-8,10-11,15-16H,4,9,12-14H2,1-3H3. The predicted molar refractivity (Wildman–Crippen MR) is 134 cm³/mol. The molecular formula is C25H27F2N3O5S2. The number of aromatic nitrogens is 1. The first-order chi connectivity index (χ1) is 17.5. The molecule has 1 aliphatic heterocycles. The van der Waals surface area contributed by atoms with Crippen molar-refractivity contribution >= 4 is 43.5 Å². The second-order valence-corrected chi connectivity index (χ2v) is 12.2. The fourth-order valence-corrected chi connectivity index (χ4v) is 7.32. The van der Waals surface area contributed by atoms with E-state index in [1.807, 2.05) is 13.8 Å². The van der Waals surface area contributed by atoms with Crippen molar-refractivity contribution in [2.24, 2.45) is 16.8 Å². The first-order valence-corrected chi connectivity index (χ1v) is 14.1. The molecule has 1 saturated heterocycles. The van der Waals surface area contributed by atoms with Crippen LogP contribution in [0.25, 0.3) is 10.2 Å². The van der Waals surface area contributed by atoms with Crippen LogP contribution in [0.5, 0.6) is 0 Å². The molecule has 1 amide bonds. The third kappa shape index (κ3) is 5.81. The number of rotatable bonds is 6. The summed E-state index contributed by atoms with van der Waals surface area (Å²) in [6, 6.07) is 7.21. The molecule has 37 heavy (non-hydrogen) atoms. The molecule has 1 aliphatic rings. The Morgan fingerprint density at radius 1 is 1.11 bits per heavy atom. The Morgan fingerprint density at radius 3 is 2.38 bits per heavy atom. The molecule has 4 rings (SSSR count). The van der Waals surface area contributed by atoms with Crippen LogP contribution in [0.1, 0.15) is 37.6 Å². The number of benzene rings is 2. The van der Waals surface area contributed by atoms with Gasteiger partial charge in [0.25, 0.3) is 5.91 Å². The number of nitrogens with zero attached hydrogens (tertiary/aromatic N) is 3. The summed E-state index contributed by atoms with van der Waals surface area (Å²) in [6.45, 7) is 6.21. The number of hydrogen-bond acceptors (Lipinski definition) is 6. The Bertz CT molecular complexity index is 1500. The van der Waals surface area contributed by atoms with Crippen LogP contribution in [-0.2, 0) is 26.1 Å². The number of thiazole rings is 1. The molecule has 198 valence electrons. The number of halogens is 2. The first kappa shape index (κ1) is 27.1. The van der Waals surface area contributed by atoms with Crippen molar-refractivity contribution in [1.82, 2.24) is 8.87 Å². The Morgan fingerprint density at radius 2 is 1.76 bits per heavy atom. The third-order valence-electron chi connectivity index (χ3n) is 6.06. The maximum Gasteiger partial charge on any atom is 0.326 e. The van der Waals surface area contributed by atoms with Gasteiger partial charge >= 0.3 is 5.97 Å². The number of fused-ring (bicyclic) bond motifs is 1. The van der Waals surface area contributed by atoms with Crippen LogP contribution < -0.4 is 4.80 Å². The molecule has 0 bridgehead atoms. The molecule has 2 heterocycles. The lowest BCUT2D eigenvalue weighted by Crippen LogP contribution is -2.42. The Labute approximate surface area is 217 Å². The second kappa shape index (κ2) is 10.8. The highest BCUT2D eigenvalue weighted by Gasteiger charge is 2.31. The summed E-state index contributed by atoms with van der Waals surface area (Å²) >= 11 is 0.847. The predicted octanol–water partition coefficient (Wildman–Crippen LogP) is 3.95. The van der Waals surface area contributed by atoms with Crippen molar-refractivity contribution in [2.75, 3.05) is 19.7 Å². The van der Waals surface area contributed by atoms with Gasteiger partial charge in [0, 0.05) is 24.7 Å². The lowest BCUT2D eigenvalue weighted by atomic mass is 9.94. The molecule has 0 radical (unpaired) electrons. The van der Waals surface area contributed by atoms with Crippen LogP contribution >= 0.6 is 11.3 Å².